The van der Waals surface area contributed by atoms with E-state index in [1.54, 1.807) is 0 Å². The van der Waals surface area contributed by atoms with Crippen molar-refractivity contribution in [2.45, 2.75) is 11.8 Å². The van der Waals surface area contributed by atoms with Crippen LogP contribution in [0.3, 0.4) is 0 Å². The van der Waals surface area contributed by atoms with Gasteiger partial charge < -0.3 is 0 Å². The van der Waals surface area contributed by atoms with Crippen molar-refractivity contribution in [1.29, 1.82) is 0 Å². The Balaban J connectivity index is 1.56. The van der Waals surface area contributed by atoms with E-state index in [0.717, 1.165) is 22.3 Å². The molecule has 0 aliphatic carbocycles. The summed E-state index contributed by atoms with van der Waals surface area (Å²) in [6, 6.07) is 38.2. The fourth-order valence-electron chi connectivity index (χ4n) is 3.84. The first kappa shape index (κ1) is 21.1. The zero-order valence-corrected chi connectivity index (χ0v) is 17.5. The maximum atomic E-state index is 13.2. The number of hydrazine groups is 1. The molecule has 4 rings (SSSR count). The van der Waals surface area contributed by atoms with Crippen molar-refractivity contribution in [3.63, 3.8) is 0 Å². The van der Waals surface area contributed by atoms with Gasteiger partial charge in [-0.05, 0) is 22.3 Å². The van der Waals surface area contributed by atoms with E-state index in [9.17, 15) is 9.59 Å². The number of carbonyl (C=O) groups excluding carboxylic acids is 2. The molecule has 0 atom stereocenters. The Morgan fingerprint density at radius 3 is 0.844 bits per heavy atom. The van der Waals surface area contributed by atoms with Crippen LogP contribution in [0.25, 0.3) is 0 Å². The lowest BCUT2D eigenvalue weighted by Gasteiger charge is -2.21. The van der Waals surface area contributed by atoms with E-state index in [2.05, 4.69) is 10.9 Å². The van der Waals surface area contributed by atoms with Crippen molar-refractivity contribution in [1.82, 2.24) is 10.9 Å². The Bertz CT molecular complexity index is 973. The van der Waals surface area contributed by atoms with Gasteiger partial charge in [-0.1, -0.05) is 121 Å². The lowest BCUT2D eigenvalue weighted by atomic mass is 9.90. The number of nitrogens with one attached hydrogen (secondary N) is 2. The van der Waals surface area contributed by atoms with Gasteiger partial charge >= 0.3 is 0 Å². The molecular weight excluding hydrogens is 396 g/mol. The molecule has 0 saturated heterocycles. The fourth-order valence-corrected chi connectivity index (χ4v) is 3.84. The largest absolute Gasteiger partial charge is 0.272 e. The van der Waals surface area contributed by atoms with Crippen LogP contribution >= 0.6 is 0 Å². The van der Waals surface area contributed by atoms with Gasteiger partial charge in [0.2, 0.25) is 11.8 Å². The van der Waals surface area contributed by atoms with Gasteiger partial charge in [-0.25, -0.2) is 0 Å². The lowest BCUT2D eigenvalue weighted by molar-refractivity contribution is -0.129. The van der Waals surface area contributed by atoms with E-state index in [0.29, 0.717) is 0 Å². The molecule has 0 aliphatic heterocycles. The quantitative estimate of drug-likeness (QED) is 0.440. The molecule has 4 nitrogen and oxygen atoms in total. The van der Waals surface area contributed by atoms with Crippen LogP contribution in [-0.4, -0.2) is 11.8 Å². The average Bonchev–Trinajstić information content (AvgIpc) is 2.86. The topological polar surface area (TPSA) is 58.2 Å². The van der Waals surface area contributed by atoms with Crippen LogP contribution in [0.15, 0.2) is 121 Å². The molecule has 0 aliphatic rings. The Morgan fingerprint density at radius 2 is 0.625 bits per heavy atom. The Kier molecular flexibility index (Phi) is 6.73. The van der Waals surface area contributed by atoms with Crippen LogP contribution in [0.5, 0.6) is 0 Å². The first-order valence-electron chi connectivity index (χ1n) is 10.5. The van der Waals surface area contributed by atoms with E-state index < -0.39 is 11.8 Å². The van der Waals surface area contributed by atoms with E-state index in [4.69, 9.17) is 0 Å². The summed E-state index contributed by atoms with van der Waals surface area (Å²) in [5.41, 5.74) is 8.74. The van der Waals surface area contributed by atoms with E-state index in [1.165, 1.54) is 0 Å². The van der Waals surface area contributed by atoms with Crippen LogP contribution in [0.4, 0.5) is 0 Å². The summed E-state index contributed by atoms with van der Waals surface area (Å²) in [6.45, 7) is 0. The molecule has 158 valence electrons. The van der Waals surface area contributed by atoms with Gasteiger partial charge in [0.25, 0.3) is 0 Å². The Labute approximate surface area is 187 Å². The maximum Gasteiger partial charge on any atom is 0.250 e. The molecule has 4 aromatic rings. The molecule has 2 N–H and O–H groups in total. The second kappa shape index (κ2) is 10.2. The van der Waals surface area contributed by atoms with Gasteiger partial charge in [0.15, 0.2) is 0 Å². The highest BCUT2D eigenvalue weighted by Crippen LogP contribution is 2.26. The third-order valence-corrected chi connectivity index (χ3v) is 5.36. The molecule has 0 aromatic heterocycles. The molecule has 2 amide bonds. The molecule has 0 saturated carbocycles. The van der Waals surface area contributed by atoms with Crippen molar-refractivity contribution >= 4 is 11.8 Å². The molecule has 32 heavy (non-hydrogen) atoms. The summed E-state index contributed by atoms with van der Waals surface area (Å²) in [4.78, 5) is 26.4. The highest BCUT2D eigenvalue weighted by Gasteiger charge is 2.26. The molecule has 4 aromatic carbocycles. The minimum atomic E-state index is -0.537. The van der Waals surface area contributed by atoms with Crippen molar-refractivity contribution in [3.8, 4) is 0 Å². The highest BCUT2D eigenvalue weighted by atomic mass is 16.2. The van der Waals surface area contributed by atoms with Gasteiger partial charge in [-0.15, -0.1) is 0 Å². The number of carbonyl (C=O) groups is 2. The van der Waals surface area contributed by atoms with Crippen molar-refractivity contribution in [2.75, 3.05) is 0 Å². The molecule has 0 unspecified atom stereocenters. The molecule has 0 spiro atoms. The molecule has 0 bridgehead atoms. The minimum absolute atomic E-state index is 0.296. The second-order valence-corrected chi connectivity index (χ2v) is 7.49. The third-order valence-electron chi connectivity index (χ3n) is 5.36. The molecular formula is C28H24N2O2. The monoisotopic (exact) mass is 420 g/mol. The van der Waals surface area contributed by atoms with Crippen molar-refractivity contribution < 1.29 is 9.59 Å². The van der Waals surface area contributed by atoms with Gasteiger partial charge in [-0.3, -0.25) is 20.4 Å². The fraction of sp³-hybridized carbons (Fsp3) is 0.0714. The number of benzene rings is 4. The standard InChI is InChI=1S/C28H24N2O2/c31-27(25(21-13-5-1-6-14-21)22-15-7-2-8-16-22)29-30-28(32)26(23-17-9-3-10-18-23)24-19-11-4-12-20-24/h1-20,25-26H,(H,29,31)(H,30,32). The van der Waals surface area contributed by atoms with Gasteiger partial charge in [0.05, 0.1) is 11.8 Å². The Hall–Kier alpha value is -4.18. The summed E-state index contributed by atoms with van der Waals surface area (Å²) in [5, 5.41) is 0. The van der Waals surface area contributed by atoms with Crippen molar-refractivity contribution in [2.24, 2.45) is 0 Å². The van der Waals surface area contributed by atoms with E-state index in [-0.39, 0.29) is 11.8 Å². The predicted octanol–water partition coefficient (Wildman–Crippen LogP) is 4.80. The number of hydrogen-bond donors (Lipinski definition) is 2. The van der Waals surface area contributed by atoms with Crippen LogP contribution < -0.4 is 10.9 Å². The SMILES string of the molecule is O=C(NNC(=O)C(c1ccccc1)c1ccccc1)C(c1ccccc1)c1ccccc1. The minimum Gasteiger partial charge on any atom is -0.272 e. The summed E-state index contributed by atoms with van der Waals surface area (Å²) < 4.78 is 0. The average molecular weight is 421 g/mol. The number of hydrogen-bond acceptors (Lipinski definition) is 2. The molecule has 0 heterocycles. The number of rotatable bonds is 6. The van der Waals surface area contributed by atoms with Gasteiger partial charge in [-0.2, -0.15) is 0 Å². The van der Waals surface area contributed by atoms with Gasteiger partial charge in [0.1, 0.15) is 0 Å². The maximum absolute atomic E-state index is 13.2. The molecule has 0 fully saturated rings. The van der Waals surface area contributed by atoms with E-state index >= 15 is 0 Å². The number of amides is 2. The van der Waals surface area contributed by atoms with Crippen LogP contribution in [0.1, 0.15) is 34.1 Å². The second-order valence-electron chi connectivity index (χ2n) is 7.49. The smallest absolute Gasteiger partial charge is 0.250 e. The highest BCUT2D eigenvalue weighted by molar-refractivity contribution is 5.92. The normalized spacial score (nSPS) is 10.7. The van der Waals surface area contributed by atoms with Crippen molar-refractivity contribution in [3.05, 3.63) is 144 Å². The summed E-state index contributed by atoms with van der Waals surface area (Å²) in [6.07, 6.45) is 0. The summed E-state index contributed by atoms with van der Waals surface area (Å²) >= 11 is 0. The van der Waals surface area contributed by atoms with Crippen LogP contribution in [0, 0.1) is 0 Å². The molecule has 0 radical (unpaired) electrons. The molecule has 4 heteroatoms. The summed E-state index contributed by atoms with van der Waals surface area (Å²) in [7, 11) is 0. The van der Waals surface area contributed by atoms with Crippen LogP contribution in [-0.2, 0) is 9.59 Å². The zero-order chi connectivity index (χ0) is 22.2. The first-order valence-corrected chi connectivity index (χ1v) is 10.5. The Morgan fingerprint density at radius 1 is 0.406 bits per heavy atom. The zero-order valence-electron chi connectivity index (χ0n) is 17.5. The van der Waals surface area contributed by atoms with Gasteiger partial charge in [0, 0.05) is 0 Å². The summed E-state index contributed by atoms with van der Waals surface area (Å²) in [5.74, 6) is -1.67. The third kappa shape index (κ3) is 4.93. The lowest BCUT2D eigenvalue weighted by Crippen LogP contribution is -2.46. The van der Waals surface area contributed by atoms with Crippen LogP contribution in [0.2, 0.25) is 0 Å². The first-order chi connectivity index (χ1) is 15.7. The van der Waals surface area contributed by atoms with E-state index in [1.807, 2.05) is 121 Å². The predicted molar refractivity (Wildman–Crippen MR) is 126 cm³/mol.